The van der Waals surface area contributed by atoms with Crippen molar-refractivity contribution in [3.63, 3.8) is 0 Å². The summed E-state index contributed by atoms with van der Waals surface area (Å²) in [7, 11) is 0. The lowest BCUT2D eigenvalue weighted by Gasteiger charge is -2.23. The fourth-order valence-electron chi connectivity index (χ4n) is 2.38. The fourth-order valence-corrected chi connectivity index (χ4v) is 2.38. The van der Waals surface area contributed by atoms with Gasteiger partial charge in [0.25, 0.3) is 0 Å². The Morgan fingerprint density at radius 1 is 1.11 bits per heavy atom. The van der Waals surface area contributed by atoms with Crippen LogP contribution in [0.4, 0.5) is 0 Å². The second kappa shape index (κ2) is 7.32. The maximum atomic E-state index is 11.6. The molecule has 0 spiro atoms. The van der Waals surface area contributed by atoms with E-state index in [-0.39, 0.29) is 5.97 Å². The molecule has 0 aliphatic heterocycles. The van der Waals surface area contributed by atoms with E-state index in [0.717, 1.165) is 0 Å². The topological polar surface area (TPSA) is 26.3 Å². The Hall–Kier alpha value is -1.31. The van der Waals surface area contributed by atoms with Gasteiger partial charge in [-0.05, 0) is 48.8 Å². The van der Waals surface area contributed by atoms with E-state index in [9.17, 15) is 4.79 Å². The molecule has 2 nitrogen and oxygen atoms in total. The van der Waals surface area contributed by atoms with Gasteiger partial charge in [0, 0.05) is 0 Å². The summed E-state index contributed by atoms with van der Waals surface area (Å²) in [6, 6.07) is 7.89. The van der Waals surface area contributed by atoms with E-state index in [4.69, 9.17) is 4.74 Å². The molecule has 0 saturated heterocycles. The normalized spacial score (nSPS) is 12.8. The zero-order valence-electron chi connectivity index (χ0n) is 12.8. The van der Waals surface area contributed by atoms with Gasteiger partial charge in [-0.2, -0.15) is 0 Å². The molecule has 0 heterocycles. The molecular weight excluding hydrogens is 236 g/mol. The van der Waals surface area contributed by atoms with Crippen molar-refractivity contribution in [1.82, 2.24) is 0 Å². The summed E-state index contributed by atoms with van der Waals surface area (Å²) in [4.78, 5) is 11.6. The molecule has 1 aromatic rings. The van der Waals surface area contributed by atoms with E-state index in [2.05, 4.69) is 39.8 Å². The van der Waals surface area contributed by atoms with Crippen molar-refractivity contribution in [3.05, 3.63) is 35.4 Å². The average molecular weight is 262 g/mol. The number of ether oxygens (including phenoxy) is 1. The lowest BCUT2D eigenvalue weighted by molar-refractivity contribution is 0.0526. The average Bonchev–Trinajstić information content (AvgIpc) is 2.36. The molecule has 0 N–H and O–H groups in total. The smallest absolute Gasteiger partial charge is 0.338 e. The van der Waals surface area contributed by atoms with Crippen LogP contribution >= 0.6 is 0 Å². The molecule has 0 bridgehead atoms. The van der Waals surface area contributed by atoms with Crippen molar-refractivity contribution in [2.24, 2.45) is 11.8 Å². The monoisotopic (exact) mass is 262 g/mol. The maximum Gasteiger partial charge on any atom is 0.338 e. The van der Waals surface area contributed by atoms with Gasteiger partial charge in [-0.1, -0.05) is 39.8 Å². The van der Waals surface area contributed by atoms with E-state index in [0.29, 0.717) is 29.9 Å². The number of hydrogen-bond donors (Lipinski definition) is 0. The minimum atomic E-state index is -0.237. The van der Waals surface area contributed by atoms with Crippen molar-refractivity contribution in [2.45, 2.75) is 47.0 Å². The molecule has 0 saturated carbocycles. The van der Waals surface area contributed by atoms with Gasteiger partial charge in [-0.25, -0.2) is 4.79 Å². The zero-order valence-corrected chi connectivity index (χ0v) is 12.8. The summed E-state index contributed by atoms with van der Waals surface area (Å²) in [5, 5.41) is 0. The molecule has 1 atom stereocenters. The highest BCUT2D eigenvalue weighted by atomic mass is 16.5. The molecule has 19 heavy (non-hydrogen) atoms. The molecule has 1 unspecified atom stereocenters. The van der Waals surface area contributed by atoms with Gasteiger partial charge in [0.2, 0.25) is 0 Å². The maximum absolute atomic E-state index is 11.6. The largest absolute Gasteiger partial charge is 0.462 e. The van der Waals surface area contributed by atoms with Gasteiger partial charge in [-0.3, -0.25) is 0 Å². The number of esters is 1. The predicted molar refractivity (Wildman–Crippen MR) is 79.4 cm³/mol. The van der Waals surface area contributed by atoms with Crippen LogP contribution in [-0.4, -0.2) is 12.6 Å². The highest BCUT2D eigenvalue weighted by Crippen LogP contribution is 2.31. The first-order valence-electron chi connectivity index (χ1n) is 7.22. The number of carbonyl (C=O) groups excluding carboxylic acids is 1. The first-order valence-corrected chi connectivity index (χ1v) is 7.22. The quantitative estimate of drug-likeness (QED) is 0.698. The second-order valence-electron chi connectivity index (χ2n) is 5.82. The standard InChI is InChI=1S/C17H26O2/c1-6-19-17(18)15-9-7-14(8-10-15)16(13(4)5)11-12(2)3/h7-10,12-13,16H,6,11H2,1-5H3. The molecule has 0 amide bonds. The molecule has 0 aliphatic rings. The third kappa shape index (κ3) is 4.70. The summed E-state index contributed by atoms with van der Waals surface area (Å²) in [5.41, 5.74) is 1.95. The second-order valence-corrected chi connectivity index (χ2v) is 5.82. The molecule has 0 radical (unpaired) electrons. The van der Waals surface area contributed by atoms with Crippen LogP contribution in [0.1, 0.15) is 62.9 Å². The van der Waals surface area contributed by atoms with Gasteiger partial charge in [-0.15, -0.1) is 0 Å². The van der Waals surface area contributed by atoms with Gasteiger partial charge in [0.1, 0.15) is 0 Å². The number of rotatable bonds is 6. The summed E-state index contributed by atoms with van der Waals surface area (Å²) >= 11 is 0. The lowest BCUT2D eigenvalue weighted by atomic mass is 9.82. The highest BCUT2D eigenvalue weighted by Gasteiger charge is 2.17. The van der Waals surface area contributed by atoms with E-state index < -0.39 is 0 Å². The fraction of sp³-hybridized carbons (Fsp3) is 0.588. The van der Waals surface area contributed by atoms with E-state index in [1.807, 2.05) is 19.1 Å². The minimum absolute atomic E-state index is 0.237. The first-order chi connectivity index (χ1) is 8.95. The Balaban J connectivity index is 2.86. The van der Waals surface area contributed by atoms with Crippen LogP contribution in [0.3, 0.4) is 0 Å². The minimum Gasteiger partial charge on any atom is -0.462 e. The molecular formula is C17H26O2. The van der Waals surface area contributed by atoms with Crippen LogP contribution < -0.4 is 0 Å². The Morgan fingerprint density at radius 2 is 1.68 bits per heavy atom. The van der Waals surface area contributed by atoms with Crippen LogP contribution in [0.25, 0.3) is 0 Å². The molecule has 2 heteroatoms. The lowest BCUT2D eigenvalue weighted by Crippen LogP contribution is -2.11. The Bertz CT molecular complexity index is 390. The molecule has 106 valence electrons. The highest BCUT2D eigenvalue weighted by molar-refractivity contribution is 5.89. The summed E-state index contributed by atoms with van der Waals surface area (Å²) in [6.45, 7) is 11.3. The van der Waals surface area contributed by atoms with E-state index in [1.54, 1.807) is 0 Å². The van der Waals surface area contributed by atoms with Gasteiger partial charge >= 0.3 is 5.97 Å². The summed E-state index contributed by atoms with van der Waals surface area (Å²) in [5.74, 6) is 1.60. The van der Waals surface area contributed by atoms with Gasteiger partial charge in [0.05, 0.1) is 12.2 Å². The molecule has 1 aromatic carbocycles. The molecule has 1 rings (SSSR count). The number of hydrogen-bond acceptors (Lipinski definition) is 2. The number of carbonyl (C=O) groups is 1. The van der Waals surface area contributed by atoms with Crippen LogP contribution in [0.15, 0.2) is 24.3 Å². The zero-order chi connectivity index (χ0) is 14.4. The SMILES string of the molecule is CCOC(=O)c1ccc(C(CC(C)C)C(C)C)cc1. The molecule has 0 fully saturated rings. The van der Waals surface area contributed by atoms with Crippen LogP contribution in [0.5, 0.6) is 0 Å². The van der Waals surface area contributed by atoms with Crippen molar-refractivity contribution >= 4 is 5.97 Å². The molecule has 0 aromatic heterocycles. The Labute approximate surface area is 117 Å². The molecule has 0 aliphatic carbocycles. The Kier molecular flexibility index (Phi) is 6.07. The van der Waals surface area contributed by atoms with Crippen molar-refractivity contribution in [2.75, 3.05) is 6.61 Å². The summed E-state index contributed by atoms with van der Waals surface area (Å²) < 4.78 is 5.00. The van der Waals surface area contributed by atoms with E-state index >= 15 is 0 Å². The van der Waals surface area contributed by atoms with Gasteiger partial charge < -0.3 is 4.74 Å². The van der Waals surface area contributed by atoms with Crippen LogP contribution in [0, 0.1) is 11.8 Å². The number of benzene rings is 1. The summed E-state index contributed by atoms with van der Waals surface area (Å²) in [6.07, 6.45) is 1.18. The third-order valence-corrected chi connectivity index (χ3v) is 3.38. The van der Waals surface area contributed by atoms with E-state index in [1.165, 1.54) is 12.0 Å². The third-order valence-electron chi connectivity index (χ3n) is 3.38. The van der Waals surface area contributed by atoms with Crippen molar-refractivity contribution < 1.29 is 9.53 Å². The Morgan fingerprint density at radius 3 is 2.11 bits per heavy atom. The van der Waals surface area contributed by atoms with Crippen LogP contribution in [-0.2, 0) is 4.74 Å². The first kappa shape index (κ1) is 15.7. The van der Waals surface area contributed by atoms with Crippen LogP contribution in [0.2, 0.25) is 0 Å². The van der Waals surface area contributed by atoms with Gasteiger partial charge in [0.15, 0.2) is 0 Å². The predicted octanol–water partition coefficient (Wildman–Crippen LogP) is 4.65. The van der Waals surface area contributed by atoms with Crippen molar-refractivity contribution in [1.29, 1.82) is 0 Å². The van der Waals surface area contributed by atoms with Crippen molar-refractivity contribution in [3.8, 4) is 0 Å².